The lowest BCUT2D eigenvalue weighted by atomic mass is 10.1. The van der Waals surface area contributed by atoms with Gasteiger partial charge in [0.05, 0.1) is 7.11 Å². The smallest absolute Gasteiger partial charge is 0.249 e. The van der Waals surface area contributed by atoms with E-state index >= 15 is 0 Å². The fourth-order valence-corrected chi connectivity index (χ4v) is 2.81. The first-order valence-electron chi connectivity index (χ1n) is 7.59. The maximum atomic E-state index is 11.9. The van der Waals surface area contributed by atoms with Gasteiger partial charge < -0.3 is 14.2 Å². The lowest BCUT2D eigenvalue weighted by Crippen LogP contribution is -2.28. The molecule has 1 unspecified atom stereocenters. The minimum Gasteiger partial charge on any atom is -0.497 e. The highest BCUT2D eigenvalue weighted by Gasteiger charge is 2.32. The Morgan fingerprint density at radius 3 is 2.96 bits per heavy atom. The zero-order chi connectivity index (χ0) is 16.2. The molecule has 0 saturated carbocycles. The monoisotopic (exact) mass is 313 g/mol. The van der Waals surface area contributed by atoms with Gasteiger partial charge in [-0.05, 0) is 36.6 Å². The van der Waals surface area contributed by atoms with Gasteiger partial charge in [0, 0.05) is 13.0 Å². The van der Waals surface area contributed by atoms with Gasteiger partial charge >= 0.3 is 0 Å². The molecule has 1 aromatic heterocycles. The third-order valence-corrected chi connectivity index (χ3v) is 4.00. The van der Waals surface area contributed by atoms with Crippen LogP contribution in [0.25, 0.3) is 0 Å². The van der Waals surface area contributed by atoms with Crippen LogP contribution in [0.2, 0.25) is 0 Å². The summed E-state index contributed by atoms with van der Waals surface area (Å²) in [5.41, 5.74) is 1.07. The van der Waals surface area contributed by atoms with E-state index < -0.39 is 0 Å². The third kappa shape index (κ3) is 3.26. The fraction of sp³-hybridized carbons (Fsp3) is 0.353. The molecule has 120 valence electrons. The summed E-state index contributed by atoms with van der Waals surface area (Å²) in [4.78, 5) is 18.1. The average Bonchev–Trinajstić information content (AvgIpc) is 3.23. The van der Waals surface area contributed by atoms with Gasteiger partial charge in [0.1, 0.15) is 11.8 Å². The SMILES string of the molecule is C=CC(=O)N1CCCC1c1nc(Cc2ccc(OC)cc2)no1. The van der Waals surface area contributed by atoms with Gasteiger partial charge in [-0.3, -0.25) is 4.79 Å². The molecule has 0 aliphatic carbocycles. The van der Waals surface area contributed by atoms with E-state index in [9.17, 15) is 4.79 Å². The minimum atomic E-state index is -0.141. The zero-order valence-corrected chi connectivity index (χ0v) is 13.1. The van der Waals surface area contributed by atoms with Gasteiger partial charge in [-0.15, -0.1) is 0 Å². The Kier molecular flexibility index (Phi) is 4.41. The molecule has 0 bridgehead atoms. The highest BCUT2D eigenvalue weighted by atomic mass is 16.5. The molecule has 6 heteroatoms. The topological polar surface area (TPSA) is 68.5 Å². The van der Waals surface area contributed by atoms with Crippen molar-refractivity contribution in [3.05, 3.63) is 54.2 Å². The van der Waals surface area contributed by atoms with E-state index in [0.717, 1.165) is 24.2 Å². The summed E-state index contributed by atoms with van der Waals surface area (Å²) in [6.45, 7) is 4.24. The molecule has 1 fully saturated rings. The summed E-state index contributed by atoms with van der Waals surface area (Å²) in [5.74, 6) is 1.83. The van der Waals surface area contributed by atoms with Crippen molar-refractivity contribution < 1.29 is 14.1 Å². The van der Waals surface area contributed by atoms with E-state index in [2.05, 4.69) is 16.7 Å². The Labute approximate surface area is 134 Å². The van der Waals surface area contributed by atoms with Crippen molar-refractivity contribution in [2.24, 2.45) is 0 Å². The number of nitrogens with zero attached hydrogens (tertiary/aromatic N) is 3. The molecule has 1 saturated heterocycles. The molecule has 1 aliphatic heterocycles. The number of hydrogen-bond acceptors (Lipinski definition) is 5. The second-order valence-corrected chi connectivity index (χ2v) is 5.47. The summed E-state index contributed by atoms with van der Waals surface area (Å²) in [6.07, 6.45) is 3.67. The van der Waals surface area contributed by atoms with Crippen LogP contribution in [0.1, 0.15) is 36.2 Å². The highest BCUT2D eigenvalue weighted by molar-refractivity contribution is 5.87. The molecular weight excluding hydrogens is 294 g/mol. The molecule has 2 aromatic rings. The van der Waals surface area contributed by atoms with Crippen LogP contribution in [-0.2, 0) is 11.2 Å². The average molecular weight is 313 g/mol. The van der Waals surface area contributed by atoms with Crippen molar-refractivity contribution in [2.75, 3.05) is 13.7 Å². The number of rotatable bonds is 5. The van der Waals surface area contributed by atoms with Crippen LogP contribution in [0, 0.1) is 0 Å². The number of hydrogen-bond donors (Lipinski definition) is 0. The molecular formula is C17H19N3O3. The Hall–Kier alpha value is -2.63. The quantitative estimate of drug-likeness (QED) is 0.793. The van der Waals surface area contributed by atoms with E-state index in [1.54, 1.807) is 12.0 Å². The standard InChI is InChI=1S/C17H19N3O3/c1-3-16(21)20-10-4-5-14(20)17-18-15(19-23-17)11-12-6-8-13(22-2)9-7-12/h3,6-9,14H,1,4-5,10-11H2,2H3. The molecule has 1 atom stereocenters. The molecule has 3 rings (SSSR count). The molecule has 1 amide bonds. The molecule has 6 nitrogen and oxygen atoms in total. The van der Waals surface area contributed by atoms with Crippen molar-refractivity contribution in [1.82, 2.24) is 15.0 Å². The molecule has 0 spiro atoms. The molecule has 1 aliphatic rings. The number of carbonyl (C=O) groups excluding carboxylic acids is 1. The fourth-order valence-electron chi connectivity index (χ4n) is 2.81. The maximum absolute atomic E-state index is 11.9. The van der Waals surface area contributed by atoms with Gasteiger partial charge in [0.2, 0.25) is 11.8 Å². The Morgan fingerprint density at radius 1 is 1.48 bits per heavy atom. The van der Waals surface area contributed by atoms with Gasteiger partial charge in [0.15, 0.2) is 5.82 Å². The predicted molar refractivity (Wildman–Crippen MR) is 84.0 cm³/mol. The van der Waals surface area contributed by atoms with E-state index in [4.69, 9.17) is 9.26 Å². The van der Waals surface area contributed by atoms with Crippen molar-refractivity contribution in [3.8, 4) is 5.75 Å². The number of ether oxygens (including phenoxy) is 1. The van der Waals surface area contributed by atoms with Crippen molar-refractivity contribution in [1.29, 1.82) is 0 Å². The summed E-state index contributed by atoms with van der Waals surface area (Å²) in [5, 5.41) is 4.04. The lowest BCUT2D eigenvalue weighted by molar-refractivity contribution is -0.127. The number of methoxy groups -OCH3 is 1. The number of amides is 1. The van der Waals surface area contributed by atoms with Crippen molar-refractivity contribution >= 4 is 5.91 Å². The van der Waals surface area contributed by atoms with Gasteiger partial charge in [-0.2, -0.15) is 4.98 Å². The Bertz CT molecular complexity index is 693. The van der Waals surface area contributed by atoms with E-state index in [1.807, 2.05) is 24.3 Å². The van der Waals surface area contributed by atoms with E-state index in [-0.39, 0.29) is 11.9 Å². The second kappa shape index (κ2) is 6.64. The van der Waals surface area contributed by atoms with Crippen LogP contribution in [0.3, 0.4) is 0 Å². The molecule has 1 aromatic carbocycles. The number of likely N-dealkylation sites (tertiary alicyclic amines) is 1. The van der Waals surface area contributed by atoms with Crippen molar-refractivity contribution in [3.63, 3.8) is 0 Å². The zero-order valence-electron chi connectivity index (χ0n) is 13.1. The normalized spacial score (nSPS) is 17.3. The molecule has 23 heavy (non-hydrogen) atoms. The number of benzene rings is 1. The maximum Gasteiger partial charge on any atom is 0.249 e. The summed E-state index contributed by atoms with van der Waals surface area (Å²) < 4.78 is 10.5. The van der Waals surface area contributed by atoms with Crippen LogP contribution >= 0.6 is 0 Å². The molecule has 0 radical (unpaired) electrons. The number of carbonyl (C=O) groups is 1. The van der Waals surface area contributed by atoms with Gasteiger partial charge in [0.25, 0.3) is 0 Å². The summed E-state index contributed by atoms with van der Waals surface area (Å²) >= 11 is 0. The van der Waals surface area contributed by atoms with Crippen LogP contribution in [0.4, 0.5) is 0 Å². The van der Waals surface area contributed by atoms with Crippen LogP contribution < -0.4 is 4.74 Å². The second-order valence-electron chi connectivity index (χ2n) is 5.47. The Morgan fingerprint density at radius 2 is 2.26 bits per heavy atom. The van der Waals surface area contributed by atoms with Crippen LogP contribution in [-0.4, -0.2) is 34.6 Å². The van der Waals surface area contributed by atoms with Gasteiger partial charge in [-0.25, -0.2) is 0 Å². The predicted octanol–water partition coefficient (Wildman–Crippen LogP) is 2.52. The van der Waals surface area contributed by atoms with E-state index in [0.29, 0.717) is 24.7 Å². The highest BCUT2D eigenvalue weighted by Crippen LogP contribution is 2.31. The van der Waals surface area contributed by atoms with Crippen molar-refractivity contribution in [2.45, 2.75) is 25.3 Å². The lowest BCUT2D eigenvalue weighted by Gasteiger charge is -2.19. The molecule has 0 N–H and O–H groups in total. The van der Waals surface area contributed by atoms with Crippen LogP contribution in [0.5, 0.6) is 5.75 Å². The first-order valence-corrected chi connectivity index (χ1v) is 7.59. The first-order chi connectivity index (χ1) is 11.2. The van der Waals surface area contributed by atoms with E-state index in [1.165, 1.54) is 6.08 Å². The molecule has 2 heterocycles. The third-order valence-electron chi connectivity index (χ3n) is 4.00. The Balaban J connectivity index is 1.72. The summed E-state index contributed by atoms with van der Waals surface area (Å²) in [6, 6.07) is 7.60. The number of aromatic nitrogens is 2. The largest absolute Gasteiger partial charge is 0.497 e. The van der Waals surface area contributed by atoms with Gasteiger partial charge in [-0.1, -0.05) is 23.9 Å². The summed E-state index contributed by atoms with van der Waals surface area (Å²) in [7, 11) is 1.64. The van der Waals surface area contributed by atoms with Crippen LogP contribution in [0.15, 0.2) is 41.4 Å². The minimum absolute atomic E-state index is 0.0950. The first kappa shape index (κ1) is 15.3.